The summed E-state index contributed by atoms with van der Waals surface area (Å²) in [4.78, 5) is 4.21. The summed E-state index contributed by atoms with van der Waals surface area (Å²) >= 11 is 0. The van der Waals surface area contributed by atoms with E-state index in [1.54, 1.807) is 6.33 Å². The zero-order chi connectivity index (χ0) is 12.1. The van der Waals surface area contributed by atoms with Crippen molar-refractivity contribution >= 4 is 0 Å². The van der Waals surface area contributed by atoms with Gasteiger partial charge in [0.1, 0.15) is 12.2 Å². The van der Waals surface area contributed by atoms with Crippen LogP contribution in [0.15, 0.2) is 6.33 Å². The van der Waals surface area contributed by atoms with Gasteiger partial charge >= 0.3 is 0 Å². The van der Waals surface area contributed by atoms with Crippen molar-refractivity contribution in [3.63, 3.8) is 0 Å². The van der Waals surface area contributed by atoms with Crippen LogP contribution >= 0.6 is 0 Å². The number of hydrogen-bond acceptors (Lipinski definition) is 4. The molecule has 2 atom stereocenters. The molecule has 17 heavy (non-hydrogen) atoms. The highest BCUT2D eigenvalue weighted by Gasteiger charge is 2.20. The lowest BCUT2D eigenvalue weighted by atomic mass is 9.99. The summed E-state index contributed by atoms with van der Waals surface area (Å²) < 4.78 is 7.19. The third-order valence-corrected chi connectivity index (χ3v) is 3.18. The van der Waals surface area contributed by atoms with E-state index >= 15 is 0 Å². The molecule has 2 heterocycles. The van der Waals surface area contributed by atoms with Crippen LogP contribution in [0, 0.1) is 5.92 Å². The highest BCUT2D eigenvalue weighted by molar-refractivity contribution is 4.88. The van der Waals surface area contributed by atoms with Gasteiger partial charge in [-0.1, -0.05) is 6.92 Å². The SMILES string of the molecule is CCCn1ncnc1CC(O)CC1CCOC1. The van der Waals surface area contributed by atoms with Crippen molar-refractivity contribution in [3.05, 3.63) is 12.2 Å². The number of rotatable bonds is 6. The lowest BCUT2D eigenvalue weighted by Crippen LogP contribution is -2.19. The third-order valence-electron chi connectivity index (χ3n) is 3.18. The van der Waals surface area contributed by atoms with Crippen molar-refractivity contribution < 1.29 is 9.84 Å². The molecule has 1 aliphatic heterocycles. The van der Waals surface area contributed by atoms with Crippen molar-refractivity contribution in [1.29, 1.82) is 0 Å². The molecule has 0 radical (unpaired) electrons. The van der Waals surface area contributed by atoms with Gasteiger partial charge in [0.25, 0.3) is 0 Å². The molecular formula is C12H21N3O2. The normalized spacial score (nSPS) is 21.9. The number of aliphatic hydroxyl groups is 1. The quantitative estimate of drug-likeness (QED) is 0.805. The minimum absolute atomic E-state index is 0.332. The first-order valence-electron chi connectivity index (χ1n) is 6.42. The fourth-order valence-corrected chi connectivity index (χ4v) is 2.29. The van der Waals surface area contributed by atoms with E-state index in [-0.39, 0.29) is 6.10 Å². The van der Waals surface area contributed by atoms with Gasteiger partial charge in [0.15, 0.2) is 0 Å². The lowest BCUT2D eigenvalue weighted by Gasteiger charge is -2.14. The molecule has 1 N–H and O–H groups in total. The third kappa shape index (κ3) is 3.51. The highest BCUT2D eigenvalue weighted by atomic mass is 16.5. The van der Waals surface area contributed by atoms with Crippen LogP contribution in [0.5, 0.6) is 0 Å². The summed E-state index contributed by atoms with van der Waals surface area (Å²) in [6.45, 7) is 4.61. The van der Waals surface area contributed by atoms with E-state index in [0.29, 0.717) is 12.3 Å². The van der Waals surface area contributed by atoms with Crippen LogP contribution in [0.4, 0.5) is 0 Å². The Morgan fingerprint density at radius 2 is 2.53 bits per heavy atom. The van der Waals surface area contributed by atoms with Crippen molar-refractivity contribution in [2.24, 2.45) is 5.92 Å². The van der Waals surface area contributed by atoms with Crippen LogP contribution in [-0.4, -0.2) is 39.2 Å². The number of nitrogens with zero attached hydrogens (tertiary/aromatic N) is 3. The molecular weight excluding hydrogens is 218 g/mol. The van der Waals surface area contributed by atoms with Crippen LogP contribution in [0.2, 0.25) is 0 Å². The molecule has 2 rings (SSSR count). The molecule has 1 saturated heterocycles. The maximum absolute atomic E-state index is 10.0. The summed E-state index contributed by atoms with van der Waals surface area (Å²) in [5.74, 6) is 1.39. The number of aryl methyl sites for hydroxylation is 1. The molecule has 5 nitrogen and oxygen atoms in total. The fraction of sp³-hybridized carbons (Fsp3) is 0.833. The first kappa shape index (κ1) is 12.5. The second-order valence-electron chi connectivity index (χ2n) is 4.72. The standard InChI is InChI=1S/C12H21N3O2/c1-2-4-15-12(13-9-14-15)7-11(16)6-10-3-5-17-8-10/h9-11,16H,2-8H2,1H3. The van der Waals surface area contributed by atoms with Crippen LogP contribution in [0.1, 0.15) is 32.0 Å². The van der Waals surface area contributed by atoms with E-state index in [0.717, 1.165) is 44.8 Å². The summed E-state index contributed by atoms with van der Waals surface area (Å²) in [5.41, 5.74) is 0. The Labute approximate surface area is 102 Å². The van der Waals surface area contributed by atoms with E-state index in [9.17, 15) is 5.11 Å². The highest BCUT2D eigenvalue weighted by Crippen LogP contribution is 2.19. The molecule has 1 aromatic rings. The minimum atomic E-state index is -0.332. The van der Waals surface area contributed by atoms with E-state index in [1.165, 1.54) is 0 Å². The predicted molar refractivity (Wildman–Crippen MR) is 63.6 cm³/mol. The molecule has 0 aromatic carbocycles. The van der Waals surface area contributed by atoms with E-state index < -0.39 is 0 Å². The topological polar surface area (TPSA) is 60.2 Å². The number of hydrogen-bond donors (Lipinski definition) is 1. The Morgan fingerprint density at radius 1 is 1.65 bits per heavy atom. The molecule has 5 heteroatoms. The molecule has 1 aromatic heterocycles. The van der Waals surface area contributed by atoms with Crippen LogP contribution in [0.25, 0.3) is 0 Å². The van der Waals surface area contributed by atoms with Gasteiger partial charge in [0, 0.05) is 26.2 Å². The van der Waals surface area contributed by atoms with E-state index in [1.807, 2.05) is 4.68 Å². The molecule has 0 amide bonds. The number of aliphatic hydroxyl groups excluding tert-OH is 1. The van der Waals surface area contributed by atoms with Crippen molar-refractivity contribution in [1.82, 2.24) is 14.8 Å². The Hall–Kier alpha value is -0.940. The zero-order valence-corrected chi connectivity index (χ0v) is 10.4. The zero-order valence-electron chi connectivity index (χ0n) is 10.4. The first-order valence-corrected chi connectivity index (χ1v) is 6.42. The Morgan fingerprint density at radius 3 is 3.24 bits per heavy atom. The van der Waals surface area contributed by atoms with E-state index in [4.69, 9.17) is 4.74 Å². The molecule has 1 fully saturated rings. The molecule has 0 bridgehead atoms. The molecule has 0 spiro atoms. The summed E-state index contributed by atoms with van der Waals surface area (Å²) in [5, 5.41) is 14.2. The van der Waals surface area contributed by atoms with Crippen molar-refractivity contribution in [3.8, 4) is 0 Å². The summed E-state index contributed by atoms with van der Waals surface area (Å²) in [6.07, 6.45) is 4.73. The largest absolute Gasteiger partial charge is 0.393 e. The summed E-state index contributed by atoms with van der Waals surface area (Å²) in [6, 6.07) is 0. The molecule has 2 unspecified atom stereocenters. The fourth-order valence-electron chi connectivity index (χ4n) is 2.29. The molecule has 96 valence electrons. The van der Waals surface area contributed by atoms with Crippen LogP contribution in [0.3, 0.4) is 0 Å². The second-order valence-corrected chi connectivity index (χ2v) is 4.72. The first-order chi connectivity index (χ1) is 8.29. The minimum Gasteiger partial charge on any atom is -0.393 e. The van der Waals surface area contributed by atoms with Gasteiger partial charge in [0.05, 0.1) is 6.10 Å². The smallest absolute Gasteiger partial charge is 0.138 e. The average molecular weight is 239 g/mol. The lowest BCUT2D eigenvalue weighted by molar-refractivity contribution is 0.126. The van der Waals surface area contributed by atoms with Gasteiger partial charge in [-0.3, -0.25) is 4.68 Å². The molecule has 1 aliphatic rings. The van der Waals surface area contributed by atoms with Crippen molar-refractivity contribution in [2.75, 3.05) is 13.2 Å². The van der Waals surface area contributed by atoms with E-state index in [2.05, 4.69) is 17.0 Å². The Balaban J connectivity index is 1.83. The van der Waals surface area contributed by atoms with Gasteiger partial charge in [-0.15, -0.1) is 0 Å². The summed E-state index contributed by atoms with van der Waals surface area (Å²) in [7, 11) is 0. The average Bonchev–Trinajstić information content (AvgIpc) is 2.92. The number of ether oxygens (including phenoxy) is 1. The van der Waals surface area contributed by atoms with Crippen LogP contribution < -0.4 is 0 Å². The van der Waals surface area contributed by atoms with Crippen molar-refractivity contribution in [2.45, 2.75) is 45.3 Å². The predicted octanol–water partition coefficient (Wildman–Crippen LogP) is 1.02. The van der Waals surface area contributed by atoms with Gasteiger partial charge < -0.3 is 9.84 Å². The number of aromatic nitrogens is 3. The monoisotopic (exact) mass is 239 g/mol. The van der Waals surface area contributed by atoms with Gasteiger partial charge in [0.2, 0.25) is 0 Å². The maximum atomic E-state index is 10.0. The molecule has 0 aliphatic carbocycles. The van der Waals surface area contributed by atoms with Crippen LogP contribution in [-0.2, 0) is 17.7 Å². The van der Waals surface area contributed by atoms with Gasteiger partial charge in [-0.25, -0.2) is 4.98 Å². The van der Waals surface area contributed by atoms with Gasteiger partial charge in [-0.2, -0.15) is 5.10 Å². The Bertz CT molecular complexity index is 334. The molecule has 0 saturated carbocycles. The Kier molecular flexibility index (Phi) is 4.50. The maximum Gasteiger partial charge on any atom is 0.138 e. The van der Waals surface area contributed by atoms with Gasteiger partial charge in [-0.05, 0) is 25.2 Å². The second kappa shape index (κ2) is 6.12.